The minimum Gasteiger partial charge on any atom is -0.351 e. The van der Waals surface area contributed by atoms with Gasteiger partial charge in [0.1, 0.15) is 6.33 Å². The average Bonchev–Trinajstić information content (AvgIpc) is 3.03. The number of nitrogens with one attached hydrogen (secondary N) is 3. The molecule has 0 radical (unpaired) electrons. The van der Waals surface area contributed by atoms with Gasteiger partial charge >= 0.3 is 0 Å². The molecule has 0 atom stereocenters. The molecule has 8 heteroatoms. The number of amides is 2. The summed E-state index contributed by atoms with van der Waals surface area (Å²) in [4.78, 5) is 27.9. The predicted molar refractivity (Wildman–Crippen MR) is 91.9 cm³/mol. The SMILES string of the molecule is O=C(NCCSc1ncn[nH]1)c1ccc(NC(=O)C2CCC2)cc1. The Bertz CT molecular complexity index is 683. The first-order valence-electron chi connectivity index (χ1n) is 7.89. The molecule has 24 heavy (non-hydrogen) atoms. The zero-order valence-electron chi connectivity index (χ0n) is 13.1. The van der Waals surface area contributed by atoms with Crippen LogP contribution in [0.15, 0.2) is 35.7 Å². The summed E-state index contributed by atoms with van der Waals surface area (Å²) >= 11 is 1.49. The third-order valence-electron chi connectivity index (χ3n) is 3.91. The van der Waals surface area contributed by atoms with Crippen LogP contribution in [-0.4, -0.2) is 39.3 Å². The van der Waals surface area contributed by atoms with Crippen molar-refractivity contribution in [1.29, 1.82) is 0 Å². The normalized spacial score (nSPS) is 14.0. The van der Waals surface area contributed by atoms with E-state index in [4.69, 9.17) is 0 Å². The fraction of sp³-hybridized carbons (Fsp3) is 0.375. The van der Waals surface area contributed by atoms with Gasteiger partial charge in [0.15, 0.2) is 5.16 Å². The number of carbonyl (C=O) groups is 2. The van der Waals surface area contributed by atoms with Gasteiger partial charge in [-0.05, 0) is 37.1 Å². The number of hydrogen-bond donors (Lipinski definition) is 3. The fourth-order valence-electron chi connectivity index (χ4n) is 2.30. The van der Waals surface area contributed by atoms with E-state index in [1.54, 1.807) is 24.3 Å². The molecule has 126 valence electrons. The van der Waals surface area contributed by atoms with E-state index in [-0.39, 0.29) is 17.7 Å². The Morgan fingerprint density at radius 3 is 2.67 bits per heavy atom. The van der Waals surface area contributed by atoms with Gasteiger partial charge < -0.3 is 10.6 Å². The molecule has 1 fully saturated rings. The van der Waals surface area contributed by atoms with Gasteiger partial charge in [-0.2, -0.15) is 5.10 Å². The number of thioether (sulfide) groups is 1. The number of anilines is 1. The number of H-pyrrole nitrogens is 1. The first-order valence-corrected chi connectivity index (χ1v) is 8.88. The second-order valence-corrected chi connectivity index (χ2v) is 6.67. The van der Waals surface area contributed by atoms with Gasteiger partial charge in [0.25, 0.3) is 5.91 Å². The zero-order chi connectivity index (χ0) is 16.8. The van der Waals surface area contributed by atoms with Gasteiger partial charge in [0, 0.05) is 29.5 Å². The molecule has 1 aliphatic carbocycles. The molecule has 0 aliphatic heterocycles. The molecule has 0 unspecified atom stereocenters. The van der Waals surface area contributed by atoms with Crippen molar-refractivity contribution >= 4 is 29.3 Å². The van der Waals surface area contributed by atoms with Crippen molar-refractivity contribution in [3.63, 3.8) is 0 Å². The van der Waals surface area contributed by atoms with Gasteiger partial charge in [0.05, 0.1) is 0 Å². The molecular formula is C16H19N5O2S. The Morgan fingerprint density at radius 1 is 1.25 bits per heavy atom. The lowest BCUT2D eigenvalue weighted by Crippen LogP contribution is -2.28. The molecule has 0 spiro atoms. The van der Waals surface area contributed by atoms with Crippen molar-refractivity contribution in [2.75, 3.05) is 17.6 Å². The summed E-state index contributed by atoms with van der Waals surface area (Å²) < 4.78 is 0. The number of hydrogen-bond acceptors (Lipinski definition) is 5. The Balaban J connectivity index is 1.42. The molecule has 2 amide bonds. The standard InChI is InChI=1S/C16H19N5O2S/c22-14(17-8-9-24-16-18-10-19-21-16)12-4-6-13(7-5-12)20-15(23)11-2-1-3-11/h4-7,10-11H,1-3,8-9H2,(H,17,22)(H,20,23)(H,18,19,21). The van der Waals surface area contributed by atoms with Crippen molar-refractivity contribution in [3.8, 4) is 0 Å². The van der Waals surface area contributed by atoms with Crippen LogP contribution >= 0.6 is 11.8 Å². The average molecular weight is 345 g/mol. The Hall–Kier alpha value is -2.35. The minimum absolute atomic E-state index is 0.0721. The molecule has 3 rings (SSSR count). The van der Waals surface area contributed by atoms with E-state index in [0.717, 1.165) is 30.1 Å². The smallest absolute Gasteiger partial charge is 0.251 e. The van der Waals surface area contributed by atoms with Crippen LogP contribution in [0.5, 0.6) is 0 Å². The molecule has 7 nitrogen and oxygen atoms in total. The second kappa shape index (κ2) is 7.96. The molecule has 3 N–H and O–H groups in total. The number of benzene rings is 1. The molecule has 1 saturated carbocycles. The van der Waals surface area contributed by atoms with Crippen LogP contribution in [0.25, 0.3) is 0 Å². The van der Waals surface area contributed by atoms with Crippen LogP contribution in [0.2, 0.25) is 0 Å². The Kier molecular flexibility index (Phi) is 5.47. The third kappa shape index (κ3) is 4.35. The maximum atomic E-state index is 12.1. The summed E-state index contributed by atoms with van der Waals surface area (Å²) in [6.07, 6.45) is 4.52. The van der Waals surface area contributed by atoms with Gasteiger partial charge in [-0.1, -0.05) is 18.2 Å². The monoisotopic (exact) mass is 345 g/mol. The van der Waals surface area contributed by atoms with Crippen LogP contribution in [0, 0.1) is 5.92 Å². The molecule has 1 heterocycles. The number of nitrogens with zero attached hydrogens (tertiary/aromatic N) is 2. The molecular weight excluding hydrogens is 326 g/mol. The van der Waals surface area contributed by atoms with Crippen molar-refractivity contribution < 1.29 is 9.59 Å². The number of aromatic amines is 1. The highest BCUT2D eigenvalue weighted by molar-refractivity contribution is 7.99. The lowest BCUT2D eigenvalue weighted by Gasteiger charge is -2.24. The van der Waals surface area contributed by atoms with Gasteiger partial charge in [-0.15, -0.1) is 0 Å². The number of carbonyl (C=O) groups excluding carboxylic acids is 2. The summed E-state index contributed by atoms with van der Waals surface area (Å²) in [5, 5.41) is 13.0. The van der Waals surface area contributed by atoms with E-state index in [1.165, 1.54) is 18.1 Å². The van der Waals surface area contributed by atoms with Crippen molar-refractivity contribution in [2.45, 2.75) is 24.4 Å². The number of rotatable bonds is 7. The van der Waals surface area contributed by atoms with Crippen LogP contribution < -0.4 is 10.6 Å². The molecule has 1 aromatic heterocycles. The predicted octanol–water partition coefficient (Wildman–Crippen LogP) is 2.07. The van der Waals surface area contributed by atoms with E-state index < -0.39 is 0 Å². The Morgan fingerprint density at radius 2 is 2.04 bits per heavy atom. The molecule has 2 aromatic rings. The largest absolute Gasteiger partial charge is 0.351 e. The van der Waals surface area contributed by atoms with Crippen molar-refractivity contribution in [2.24, 2.45) is 5.92 Å². The van der Waals surface area contributed by atoms with Crippen LogP contribution in [0.4, 0.5) is 5.69 Å². The highest BCUT2D eigenvalue weighted by atomic mass is 32.2. The van der Waals surface area contributed by atoms with E-state index in [1.807, 2.05) is 0 Å². The summed E-state index contributed by atoms with van der Waals surface area (Å²) in [6, 6.07) is 6.95. The fourth-order valence-corrected chi connectivity index (χ4v) is 2.93. The quantitative estimate of drug-likeness (QED) is 0.527. The van der Waals surface area contributed by atoms with E-state index >= 15 is 0 Å². The molecule has 0 bridgehead atoms. The lowest BCUT2D eigenvalue weighted by molar-refractivity contribution is -0.122. The zero-order valence-corrected chi connectivity index (χ0v) is 13.9. The first-order chi connectivity index (χ1) is 11.7. The summed E-state index contributed by atoms with van der Waals surface area (Å²) in [5.74, 6) is 0.791. The van der Waals surface area contributed by atoms with Crippen molar-refractivity contribution in [3.05, 3.63) is 36.2 Å². The first kappa shape index (κ1) is 16.5. The van der Waals surface area contributed by atoms with Gasteiger partial charge in [-0.25, -0.2) is 4.98 Å². The highest BCUT2D eigenvalue weighted by Crippen LogP contribution is 2.27. The van der Waals surface area contributed by atoms with Crippen LogP contribution in [0.3, 0.4) is 0 Å². The maximum absolute atomic E-state index is 12.1. The second-order valence-electron chi connectivity index (χ2n) is 5.59. The number of aromatic nitrogens is 3. The summed E-state index contributed by atoms with van der Waals surface area (Å²) in [5.41, 5.74) is 1.30. The van der Waals surface area contributed by atoms with Gasteiger partial charge in [0.2, 0.25) is 5.91 Å². The third-order valence-corrected chi connectivity index (χ3v) is 4.79. The summed E-state index contributed by atoms with van der Waals surface area (Å²) in [6.45, 7) is 0.532. The van der Waals surface area contributed by atoms with E-state index in [0.29, 0.717) is 17.9 Å². The van der Waals surface area contributed by atoms with E-state index in [2.05, 4.69) is 25.8 Å². The summed E-state index contributed by atoms with van der Waals surface area (Å²) in [7, 11) is 0. The molecule has 0 saturated heterocycles. The highest BCUT2D eigenvalue weighted by Gasteiger charge is 2.25. The molecule has 1 aromatic carbocycles. The van der Waals surface area contributed by atoms with Gasteiger partial charge in [-0.3, -0.25) is 14.7 Å². The van der Waals surface area contributed by atoms with Crippen molar-refractivity contribution in [1.82, 2.24) is 20.5 Å². The van der Waals surface area contributed by atoms with Crippen LogP contribution in [-0.2, 0) is 4.79 Å². The molecule has 1 aliphatic rings. The lowest BCUT2D eigenvalue weighted by atomic mass is 9.85. The van der Waals surface area contributed by atoms with E-state index in [9.17, 15) is 9.59 Å². The van der Waals surface area contributed by atoms with Crippen LogP contribution in [0.1, 0.15) is 29.6 Å². The maximum Gasteiger partial charge on any atom is 0.251 e. The Labute approximate surface area is 144 Å². The minimum atomic E-state index is -0.134. The topological polar surface area (TPSA) is 99.8 Å².